The zero-order valence-electron chi connectivity index (χ0n) is 10.2. The van der Waals surface area contributed by atoms with Crippen LogP contribution in [0, 0.1) is 5.92 Å². The van der Waals surface area contributed by atoms with Crippen molar-refractivity contribution in [1.29, 1.82) is 0 Å². The van der Waals surface area contributed by atoms with Crippen LogP contribution in [0.15, 0.2) is 18.2 Å². The van der Waals surface area contributed by atoms with Crippen LogP contribution in [0.4, 0.5) is 13.2 Å². The first-order valence-electron chi connectivity index (χ1n) is 5.87. The van der Waals surface area contributed by atoms with Crippen molar-refractivity contribution in [3.8, 4) is 5.75 Å². The first-order valence-corrected chi connectivity index (χ1v) is 5.87. The second-order valence-corrected chi connectivity index (χ2v) is 4.74. The van der Waals surface area contributed by atoms with E-state index in [0.29, 0.717) is 17.7 Å². The van der Waals surface area contributed by atoms with Crippen LogP contribution in [0.3, 0.4) is 0 Å². The van der Waals surface area contributed by atoms with E-state index >= 15 is 0 Å². The number of fused-ring (bicyclic) bond motifs is 1. The molecule has 104 valence electrons. The Morgan fingerprint density at radius 2 is 2.21 bits per heavy atom. The predicted octanol–water partition coefficient (Wildman–Crippen LogP) is 3.12. The SMILES string of the molecule is CC(CC1Cc2cc(C(F)(F)F)ccc2O1)C(=O)O. The lowest BCUT2D eigenvalue weighted by atomic mass is 9.99. The first-order chi connectivity index (χ1) is 8.77. The molecule has 2 unspecified atom stereocenters. The van der Waals surface area contributed by atoms with Crippen LogP contribution in [0.1, 0.15) is 24.5 Å². The van der Waals surface area contributed by atoms with E-state index in [1.165, 1.54) is 6.07 Å². The van der Waals surface area contributed by atoms with Gasteiger partial charge in [0.1, 0.15) is 11.9 Å². The topological polar surface area (TPSA) is 46.5 Å². The Morgan fingerprint density at radius 1 is 1.53 bits per heavy atom. The number of carboxylic acids is 1. The number of halogens is 3. The molecule has 2 atom stereocenters. The van der Waals surface area contributed by atoms with E-state index < -0.39 is 23.6 Å². The smallest absolute Gasteiger partial charge is 0.416 e. The van der Waals surface area contributed by atoms with Crippen molar-refractivity contribution in [2.24, 2.45) is 5.92 Å². The van der Waals surface area contributed by atoms with Crippen LogP contribution in [-0.2, 0) is 17.4 Å². The lowest BCUT2D eigenvalue weighted by Gasteiger charge is -2.13. The number of carboxylic acid groups (broad SMARTS) is 1. The van der Waals surface area contributed by atoms with Crippen LogP contribution in [0.25, 0.3) is 0 Å². The van der Waals surface area contributed by atoms with Crippen molar-refractivity contribution >= 4 is 5.97 Å². The van der Waals surface area contributed by atoms with Crippen molar-refractivity contribution in [3.05, 3.63) is 29.3 Å². The molecule has 1 N–H and O–H groups in total. The Kier molecular flexibility index (Phi) is 3.43. The number of carbonyl (C=O) groups is 1. The summed E-state index contributed by atoms with van der Waals surface area (Å²) in [6.07, 6.45) is -4.14. The highest BCUT2D eigenvalue weighted by Gasteiger charge is 2.33. The van der Waals surface area contributed by atoms with Gasteiger partial charge in [-0.15, -0.1) is 0 Å². The largest absolute Gasteiger partial charge is 0.490 e. The van der Waals surface area contributed by atoms with Crippen LogP contribution >= 0.6 is 0 Å². The monoisotopic (exact) mass is 274 g/mol. The van der Waals surface area contributed by atoms with Gasteiger partial charge in [0.2, 0.25) is 0 Å². The third-order valence-electron chi connectivity index (χ3n) is 3.17. The van der Waals surface area contributed by atoms with E-state index in [1.54, 1.807) is 6.92 Å². The zero-order chi connectivity index (χ0) is 14.2. The standard InChI is InChI=1S/C13H13F3O3/c1-7(12(17)18)4-10-6-8-5-9(13(14,15)16)2-3-11(8)19-10/h2-3,5,7,10H,4,6H2,1H3,(H,17,18). The summed E-state index contributed by atoms with van der Waals surface area (Å²) in [6, 6.07) is 3.34. The molecule has 1 aromatic carbocycles. The van der Waals surface area contributed by atoms with Gasteiger partial charge < -0.3 is 9.84 Å². The molecule has 0 aromatic heterocycles. The fourth-order valence-corrected chi connectivity index (χ4v) is 2.12. The molecule has 0 bridgehead atoms. The molecule has 1 aromatic rings. The minimum Gasteiger partial charge on any atom is -0.490 e. The maximum Gasteiger partial charge on any atom is 0.416 e. The van der Waals surface area contributed by atoms with Gasteiger partial charge in [0.15, 0.2) is 0 Å². The molecule has 3 nitrogen and oxygen atoms in total. The van der Waals surface area contributed by atoms with Crippen molar-refractivity contribution in [3.63, 3.8) is 0 Å². The Labute approximate surface area is 108 Å². The number of ether oxygens (including phenoxy) is 1. The first kappa shape index (κ1) is 13.7. The van der Waals surface area contributed by atoms with Crippen molar-refractivity contribution < 1.29 is 27.8 Å². The van der Waals surface area contributed by atoms with Gasteiger partial charge in [-0.25, -0.2) is 0 Å². The van der Waals surface area contributed by atoms with E-state index in [9.17, 15) is 18.0 Å². The van der Waals surface area contributed by atoms with Gasteiger partial charge >= 0.3 is 12.1 Å². The Hall–Kier alpha value is -1.72. The fourth-order valence-electron chi connectivity index (χ4n) is 2.12. The van der Waals surface area contributed by atoms with Gasteiger partial charge in [0, 0.05) is 6.42 Å². The highest BCUT2D eigenvalue weighted by Crippen LogP contribution is 2.37. The normalized spacial score (nSPS) is 19.7. The van der Waals surface area contributed by atoms with E-state index in [1.807, 2.05) is 0 Å². The Bertz CT molecular complexity index is 496. The summed E-state index contributed by atoms with van der Waals surface area (Å²) in [5.74, 6) is -1.10. The lowest BCUT2D eigenvalue weighted by Crippen LogP contribution is -2.21. The quantitative estimate of drug-likeness (QED) is 0.921. The average molecular weight is 274 g/mol. The second kappa shape index (κ2) is 4.75. The molecule has 0 saturated heterocycles. The number of rotatable bonds is 3. The highest BCUT2D eigenvalue weighted by atomic mass is 19.4. The molecule has 2 rings (SSSR count). The molecule has 6 heteroatoms. The van der Waals surface area contributed by atoms with Gasteiger partial charge in [0.25, 0.3) is 0 Å². The molecule has 0 aliphatic carbocycles. The maximum absolute atomic E-state index is 12.6. The average Bonchev–Trinajstić information content (AvgIpc) is 2.68. The molecular formula is C13H13F3O3. The van der Waals surface area contributed by atoms with E-state index in [4.69, 9.17) is 9.84 Å². The molecule has 1 aliphatic heterocycles. The van der Waals surface area contributed by atoms with E-state index in [-0.39, 0.29) is 12.5 Å². The number of alkyl halides is 3. The van der Waals surface area contributed by atoms with Gasteiger partial charge in [-0.05, 0) is 30.2 Å². The van der Waals surface area contributed by atoms with Crippen molar-refractivity contribution in [2.75, 3.05) is 0 Å². The summed E-state index contributed by atoms with van der Waals surface area (Å²) in [4.78, 5) is 10.7. The summed E-state index contributed by atoms with van der Waals surface area (Å²) in [7, 11) is 0. The molecule has 1 aliphatic rings. The van der Waals surface area contributed by atoms with Crippen LogP contribution in [0.2, 0.25) is 0 Å². The molecular weight excluding hydrogens is 261 g/mol. The molecule has 0 radical (unpaired) electrons. The van der Waals surface area contributed by atoms with Crippen molar-refractivity contribution in [2.45, 2.75) is 32.0 Å². The summed E-state index contributed by atoms with van der Waals surface area (Å²) in [6.45, 7) is 1.55. The summed E-state index contributed by atoms with van der Waals surface area (Å²) >= 11 is 0. The summed E-state index contributed by atoms with van der Waals surface area (Å²) < 4.78 is 43.1. The summed E-state index contributed by atoms with van der Waals surface area (Å²) in [5, 5.41) is 8.81. The lowest BCUT2D eigenvalue weighted by molar-refractivity contribution is -0.142. The van der Waals surface area contributed by atoms with Gasteiger partial charge in [-0.1, -0.05) is 6.92 Å². The fraction of sp³-hybridized carbons (Fsp3) is 0.462. The minimum atomic E-state index is -4.37. The highest BCUT2D eigenvalue weighted by molar-refractivity contribution is 5.69. The number of hydrogen-bond donors (Lipinski definition) is 1. The minimum absolute atomic E-state index is 0.283. The molecule has 0 amide bonds. The van der Waals surface area contributed by atoms with Crippen LogP contribution in [-0.4, -0.2) is 17.2 Å². The molecule has 0 fully saturated rings. The zero-order valence-corrected chi connectivity index (χ0v) is 10.2. The number of hydrogen-bond acceptors (Lipinski definition) is 2. The van der Waals surface area contributed by atoms with Crippen LogP contribution < -0.4 is 4.74 Å². The molecule has 0 saturated carbocycles. The number of benzene rings is 1. The van der Waals surface area contributed by atoms with Crippen molar-refractivity contribution in [1.82, 2.24) is 0 Å². The predicted molar refractivity (Wildman–Crippen MR) is 61.0 cm³/mol. The van der Waals surface area contributed by atoms with E-state index in [0.717, 1.165) is 12.1 Å². The third kappa shape index (κ3) is 3.00. The van der Waals surface area contributed by atoms with Gasteiger partial charge in [0.05, 0.1) is 11.5 Å². The van der Waals surface area contributed by atoms with E-state index in [2.05, 4.69) is 0 Å². The third-order valence-corrected chi connectivity index (χ3v) is 3.17. The van der Waals surface area contributed by atoms with Gasteiger partial charge in [-0.3, -0.25) is 4.79 Å². The molecule has 19 heavy (non-hydrogen) atoms. The summed E-state index contributed by atoms with van der Waals surface area (Å²) in [5.41, 5.74) is -0.223. The van der Waals surface area contributed by atoms with Gasteiger partial charge in [-0.2, -0.15) is 13.2 Å². The van der Waals surface area contributed by atoms with Crippen LogP contribution in [0.5, 0.6) is 5.75 Å². The molecule has 1 heterocycles. The maximum atomic E-state index is 12.6. The number of aliphatic carboxylic acids is 1. The Balaban J connectivity index is 2.10. The second-order valence-electron chi connectivity index (χ2n) is 4.74. The molecule has 0 spiro atoms. The Morgan fingerprint density at radius 3 is 2.79 bits per heavy atom.